The van der Waals surface area contributed by atoms with Gasteiger partial charge in [-0.1, -0.05) is 35.8 Å². The maximum atomic E-state index is 9.09. The van der Waals surface area contributed by atoms with Crippen molar-refractivity contribution < 1.29 is 0 Å². The fraction of sp³-hybridized carbons (Fsp3) is 0.286. The first-order valence-electron chi connectivity index (χ1n) is 6.07. The van der Waals surface area contributed by atoms with Crippen molar-refractivity contribution in [3.63, 3.8) is 0 Å². The summed E-state index contributed by atoms with van der Waals surface area (Å²) in [5.41, 5.74) is 2.10. The second-order valence-corrected chi connectivity index (χ2v) is 5.46. The van der Waals surface area contributed by atoms with Crippen molar-refractivity contribution in [1.29, 1.82) is 5.26 Å². The van der Waals surface area contributed by atoms with E-state index in [4.69, 9.17) is 5.26 Å². The van der Waals surface area contributed by atoms with Crippen LogP contribution < -0.4 is 5.32 Å². The summed E-state index contributed by atoms with van der Waals surface area (Å²) in [5, 5.41) is 12.5. The average molecular weight is 319 g/mol. The number of imidazole rings is 1. The third-order valence-corrected chi connectivity index (χ3v) is 3.24. The number of hydrogen-bond acceptors (Lipinski definition) is 3. The fourth-order valence-electron chi connectivity index (χ4n) is 1.81. The lowest BCUT2D eigenvalue weighted by Gasteiger charge is -2.14. The number of nitrogens with one attached hydrogen (secondary N) is 1. The fourth-order valence-corrected chi connectivity index (χ4v) is 2.15. The Morgan fingerprint density at radius 1 is 1.47 bits per heavy atom. The molecule has 1 aromatic heterocycles. The van der Waals surface area contributed by atoms with Crippen LogP contribution in [0.2, 0.25) is 0 Å². The first kappa shape index (κ1) is 13.8. The second kappa shape index (κ2) is 6.00. The molecule has 2 aromatic rings. The lowest BCUT2D eigenvalue weighted by atomic mass is 10.1. The highest BCUT2D eigenvalue weighted by molar-refractivity contribution is 9.10. The van der Waals surface area contributed by atoms with Crippen molar-refractivity contribution in [2.75, 3.05) is 0 Å². The minimum absolute atomic E-state index is 0.392. The zero-order valence-corrected chi connectivity index (χ0v) is 12.5. The van der Waals surface area contributed by atoms with Crippen LogP contribution in [0, 0.1) is 11.3 Å². The molecule has 0 saturated heterocycles. The van der Waals surface area contributed by atoms with E-state index < -0.39 is 0 Å². The normalized spacial score (nSPS) is 10.7. The van der Waals surface area contributed by atoms with E-state index in [1.165, 1.54) is 0 Å². The van der Waals surface area contributed by atoms with Crippen LogP contribution in [-0.4, -0.2) is 15.6 Å². The summed E-state index contributed by atoms with van der Waals surface area (Å²) in [4.78, 5) is 4.04. The summed E-state index contributed by atoms with van der Waals surface area (Å²) < 4.78 is 2.79. The van der Waals surface area contributed by atoms with E-state index in [1.807, 2.05) is 16.7 Å². The van der Waals surface area contributed by atoms with Crippen molar-refractivity contribution in [2.45, 2.75) is 26.4 Å². The SMILES string of the molecule is CC(C)NCc1ccc(Br)cc1-n1ccnc1C#N. The van der Waals surface area contributed by atoms with Gasteiger partial charge in [0.25, 0.3) is 0 Å². The van der Waals surface area contributed by atoms with Crippen molar-refractivity contribution in [3.8, 4) is 11.8 Å². The molecule has 0 saturated carbocycles. The molecule has 19 heavy (non-hydrogen) atoms. The van der Waals surface area contributed by atoms with E-state index in [1.54, 1.807) is 12.4 Å². The standard InChI is InChI=1S/C14H15BrN4/c1-10(2)18-9-11-3-4-12(15)7-13(11)19-6-5-17-14(19)8-16/h3-7,10,18H,9H2,1-2H3. The number of aromatic nitrogens is 2. The van der Waals surface area contributed by atoms with Crippen molar-refractivity contribution in [3.05, 3.63) is 46.5 Å². The Hall–Kier alpha value is -1.64. The molecule has 0 radical (unpaired) electrons. The molecule has 0 amide bonds. The van der Waals surface area contributed by atoms with Gasteiger partial charge in [-0.3, -0.25) is 4.57 Å². The quantitative estimate of drug-likeness (QED) is 0.942. The first-order valence-corrected chi connectivity index (χ1v) is 6.86. The molecule has 0 aliphatic rings. The second-order valence-electron chi connectivity index (χ2n) is 4.54. The molecule has 0 unspecified atom stereocenters. The van der Waals surface area contributed by atoms with Gasteiger partial charge in [0.05, 0.1) is 5.69 Å². The molecule has 0 spiro atoms. The molecule has 2 rings (SSSR count). The van der Waals surface area contributed by atoms with Gasteiger partial charge >= 0.3 is 0 Å². The number of rotatable bonds is 4. The molecular formula is C14H15BrN4. The molecular weight excluding hydrogens is 304 g/mol. The summed E-state index contributed by atoms with van der Waals surface area (Å²) in [7, 11) is 0. The van der Waals surface area contributed by atoms with Gasteiger partial charge < -0.3 is 5.32 Å². The molecule has 0 aliphatic heterocycles. The van der Waals surface area contributed by atoms with Gasteiger partial charge in [0, 0.05) is 29.5 Å². The first-order chi connectivity index (χ1) is 9.11. The van der Waals surface area contributed by atoms with Crippen LogP contribution in [0.3, 0.4) is 0 Å². The van der Waals surface area contributed by atoms with Crippen molar-refractivity contribution >= 4 is 15.9 Å². The zero-order valence-electron chi connectivity index (χ0n) is 10.9. The van der Waals surface area contributed by atoms with Gasteiger partial charge in [0.2, 0.25) is 5.82 Å². The molecule has 1 heterocycles. The van der Waals surface area contributed by atoms with Gasteiger partial charge in [-0.2, -0.15) is 5.26 Å². The van der Waals surface area contributed by atoms with E-state index in [0.29, 0.717) is 11.9 Å². The van der Waals surface area contributed by atoms with Crippen molar-refractivity contribution in [2.24, 2.45) is 0 Å². The molecule has 0 fully saturated rings. The Balaban J connectivity index is 2.43. The molecule has 0 atom stereocenters. The number of benzene rings is 1. The number of nitrogens with zero attached hydrogens (tertiary/aromatic N) is 3. The Morgan fingerprint density at radius 3 is 2.95 bits per heavy atom. The minimum Gasteiger partial charge on any atom is -0.310 e. The van der Waals surface area contributed by atoms with Crippen LogP contribution in [0.25, 0.3) is 5.69 Å². The number of halogens is 1. The molecule has 1 aromatic carbocycles. The summed E-state index contributed by atoms with van der Waals surface area (Å²) in [6.45, 7) is 4.97. The molecule has 98 valence electrons. The van der Waals surface area contributed by atoms with Crippen LogP contribution in [0.15, 0.2) is 35.1 Å². The van der Waals surface area contributed by atoms with Crippen LogP contribution >= 0.6 is 15.9 Å². The topological polar surface area (TPSA) is 53.6 Å². The third-order valence-electron chi connectivity index (χ3n) is 2.75. The highest BCUT2D eigenvalue weighted by Crippen LogP contribution is 2.21. The third kappa shape index (κ3) is 3.22. The monoisotopic (exact) mass is 318 g/mol. The predicted molar refractivity (Wildman–Crippen MR) is 78.0 cm³/mol. The van der Waals surface area contributed by atoms with E-state index in [9.17, 15) is 0 Å². The zero-order chi connectivity index (χ0) is 13.8. The predicted octanol–water partition coefficient (Wildman–Crippen LogP) is 3.00. The van der Waals surface area contributed by atoms with Crippen molar-refractivity contribution in [1.82, 2.24) is 14.9 Å². The van der Waals surface area contributed by atoms with E-state index in [0.717, 1.165) is 22.3 Å². The van der Waals surface area contributed by atoms with Crippen LogP contribution in [0.5, 0.6) is 0 Å². The molecule has 1 N–H and O–H groups in total. The molecule has 5 heteroatoms. The lowest BCUT2D eigenvalue weighted by molar-refractivity contribution is 0.587. The Morgan fingerprint density at radius 2 is 2.26 bits per heavy atom. The van der Waals surface area contributed by atoms with Gasteiger partial charge in [-0.15, -0.1) is 0 Å². The van der Waals surface area contributed by atoms with Gasteiger partial charge in [0.15, 0.2) is 0 Å². The molecule has 4 nitrogen and oxygen atoms in total. The summed E-state index contributed by atoms with van der Waals surface area (Å²) >= 11 is 3.47. The van der Waals surface area contributed by atoms with Crippen LogP contribution in [0.1, 0.15) is 25.2 Å². The van der Waals surface area contributed by atoms with E-state index >= 15 is 0 Å². The highest BCUT2D eigenvalue weighted by Gasteiger charge is 2.10. The maximum absolute atomic E-state index is 9.09. The van der Waals surface area contributed by atoms with Gasteiger partial charge in [-0.25, -0.2) is 4.98 Å². The highest BCUT2D eigenvalue weighted by atomic mass is 79.9. The lowest BCUT2D eigenvalue weighted by Crippen LogP contribution is -2.22. The summed E-state index contributed by atoms with van der Waals surface area (Å²) in [6, 6.07) is 8.57. The smallest absolute Gasteiger partial charge is 0.217 e. The van der Waals surface area contributed by atoms with E-state index in [2.05, 4.69) is 52.2 Å². The van der Waals surface area contributed by atoms with Crippen LogP contribution in [0.4, 0.5) is 0 Å². The number of nitriles is 1. The Bertz CT molecular complexity index is 610. The van der Waals surface area contributed by atoms with Crippen LogP contribution in [-0.2, 0) is 6.54 Å². The minimum atomic E-state index is 0.392. The largest absolute Gasteiger partial charge is 0.310 e. The number of hydrogen-bond donors (Lipinski definition) is 1. The summed E-state index contributed by atoms with van der Waals surface area (Å²) in [5.74, 6) is 0.392. The molecule has 0 bridgehead atoms. The molecule has 0 aliphatic carbocycles. The van der Waals surface area contributed by atoms with E-state index in [-0.39, 0.29) is 0 Å². The Kier molecular flexibility index (Phi) is 4.35. The van der Waals surface area contributed by atoms with Gasteiger partial charge in [-0.05, 0) is 17.7 Å². The average Bonchev–Trinajstić information content (AvgIpc) is 2.85. The van der Waals surface area contributed by atoms with Gasteiger partial charge in [0.1, 0.15) is 6.07 Å². The summed E-state index contributed by atoms with van der Waals surface area (Å²) in [6.07, 6.45) is 3.44. The Labute approximate surface area is 121 Å². The maximum Gasteiger partial charge on any atom is 0.217 e.